The third-order valence-electron chi connectivity index (χ3n) is 3.77. The topological polar surface area (TPSA) is 52.6 Å². The van der Waals surface area contributed by atoms with Gasteiger partial charge in [-0.15, -0.1) is 0 Å². The molecule has 116 valence electrons. The third kappa shape index (κ3) is 4.40. The van der Waals surface area contributed by atoms with Crippen molar-refractivity contribution >= 4 is 23.2 Å². The Morgan fingerprint density at radius 1 is 1.57 bits per heavy atom. The van der Waals surface area contributed by atoms with E-state index in [1.165, 1.54) is 12.1 Å². The Balaban J connectivity index is 1.97. The first-order valence-corrected chi connectivity index (χ1v) is 7.52. The highest BCUT2D eigenvalue weighted by atomic mass is 35.5. The van der Waals surface area contributed by atoms with Crippen LogP contribution in [0.5, 0.6) is 0 Å². The zero-order valence-electron chi connectivity index (χ0n) is 12.0. The zero-order valence-corrected chi connectivity index (χ0v) is 12.7. The molecule has 1 heterocycles. The van der Waals surface area contributed by atoms with Gasteiger partial charge in [0, 0.05) is 6.04 Å². The Morgan fingerprint density at radius 2 is 2.33 bits per heavy atom. The number of benzene rings is 1. The number of carbonyl (C=O) groups excluding carboxylic acids is 1. The molecule has 0 aliphatic carbocycles. The summed E-state index contributed by atoms with van der Waals surface area (Å²) in [5.41, 5.74) is 0.397. The maximum Gasteiger partial charge on any atom is 0.238 e. The van der Waals surface area contributed by atoms with Gasteiger partial charge in [-0.3, -0.25) is 9.69 Å². The smallest absolute Gasteiger partial charge is 0.238 e. The van der Waals surface area contributed by atoms with Gasteiger partial charge in [0.25, 0.3) is 0 Å². The highest BCUT2D eigenvalue weighted by molar-refractivity contribution is 6.33. The minimum Gasteiger partial charge on any atom is -0.392 e. The molecule has 2 N–H and O–H groups in total. The highest BCUT2D eigenvalue weighted by Gasteiger charge is 2.27. The molecule has 0 radical (unpaired) electrons. The Labute approximate surface area is 128 Å². The van der Waals surface area contributed by atoms with Crippen LogP contribution < -0.4 is 5.32 Å². The van der Waals surface area contributed by atoms with Crippen LogP contribution in [0.2, 0.25) is 5.02 Å². The second kappa shape index (κ2) is 7.20. The molecule has 1 aromatic rings. The Bertz CT molecular complexity index is 510. The number of rotatable bonds is 4. The van der Waals surface area contributed by atoms with Crippen LogP contribution in [-0.4, -0.2) is 41.1 Å². The number of likely N-dealkylation sites (tertiary alicyclic amines) is 1. The lowest BCUT2D eigenvalue weighted by molar-refractivity contribution is -0.118. The summed E-state index contributed by atoms with van der Waals surface area (Å²) in [6.07, 6.45) is 2.51. The van der Waals surface area contributed by atoms with Crippen molar-refractivity contribution in [3.63, 3.8) is 0 Å². The van der Waals surface area contributed by atoms with Crippen LogP contribution in [0.25, 0.3) is 0 Å². The molecule has 0 saturated carbocycles. The van der Waals surface area contributed by atoms with Crippen molar-refractivity contribution in [3.05, 3.63) is 29.0 Å². The summed E-state index contributed by atoms with van der Waals surface area (Å²) in [7, 11) is 0. The summed E-state index contributed by atoms with van der Waals surface area (Å²) in [6.45, 7) is 2.74. The number of hydrogen-bond donors (Lipinski definition) is 2. The van der Waals surface area contributed by atoms with Crippen molar-refractivity contribution in [3.8, 4) is 0 Å². The standard InChI is InChI=1S/C15H20ClFN2O2/c1-10(20)14-4-2-3-7-19(14)9-15(21)18-13-6-5-11(17)8-12(13)16/h5-6,8,10,14,20H,2-4,7,9H2,1H3,(H,18,21). The number of piperidine rings is 1. The molecule has 1 aliphatic heterocycles. The van der Waals surface area contributed by atoms with Crippen molar-refractivity contribution in [2.75, 3.05) is 18.4 Å². The number of hydrogen-bond acceptors (Lipinski definition) is 3. The zero-order chi connectivity index (χ0) is 15.4. The third-order valence-corrected chi connectivity index (χ3v) is 4.09. The first-order valence-electron chi connectivity index (χ1n) is 7.14. The Morgan fingerprint density at radius 3 is 3.00 bits per heavy atom. The molecule has 2 unspecified atom stereocenters. The van der Waals surface area contributed by atoms with Gasteiger partial charge in [-0.25, -0.2) is 4.39 Å². The highest BCUT2D eigenvalue weighted by Crippen LogP contribution is 2.23. The lowest BCUT2D eigenvalue weighted by atomic mass is 9.98. The van der Waals surface area contributed by atoms with E-state index in [4.69, 9.17) is 11.6 Å². The maximum atomic E-state index is 13.0. The van der Waals surface area contributed by atoms with E-state index < -0.39 is 11.9 Å². The molecule has 0 aromatic heterocycles. The molecular weight excluding hydrogens is 295 g/mol. The van der Waals surface area contributed by atoms with Crippen LogP contribution >= 0.6 is 11.6 Å². The summed E-state index contributed by atoms with van der Waals surface area (Å²) in [5, 5.41) is 12.6. The van der Waals surface area contributed by atoms with E-state index in [0.717, 1.165) is 31.9 Å². The summed E-state index contributed by atoms with van der Waals surface area (Å²) in [5.74, 6) is -0.653. The second-order valence-electron chi connectivity index (χ2n) is 5.45. The Kier molecular flexibility index (Phi) is 5.56. The van der Waals surface area contributed by atoms with Gasteiger partial charge in [-0.05, 0) is 44.5 Å². The number of amides is 1. The maximum absolute atomic E-state index is 13.0. The van der Waals surface area contributed by atoms with E-state index in [9.17, 15) is 14.3 Å². The fourth-order valence-corrected chi connectivity index (χ4v) is 2.94. The monoisotopic (exact) mass is 314 g/mol. The largest absolute Gasteiger partial charge is 0.392 e. The van der Waals surface area contributed by atoms with Crippen molar-refractivity contribution < 1.29 is 14.3 Å². The molecule has 6 heteroatoms. The number of halogens is 2. The van der Waals surface area contributed by atoms with Crippen LogP contribution in [-0.2, 0) is 4.79 Å². The van der Waals surface area contributed by atoms with Gasteiger partial charge in [-0.2, -0.15) is 0 Å². The van der Waals surface area contributed by atoms with Crippen molar-refractivity contribution in [2.45, 2.75) is 38.3 Å². The number of nitrogens with one attached hydrogen (secondary N) is 1. The van der Waals surface area contributed by atoms with Crippen molar-refractivity contribution in [1.82, 2.24) is 4.90 Å². The van der Waals surface area contributed by atoms with Crippen molar-refractivity contribution in [1.29, 1.82) is 0 Å². The van der Waals surface area contributed by atoms with E-state index in [1.54, 1.807) is 6.92 Å². The molecule has 1 fully saturated rings. The minimum atomic E-state index is -0.465. The average Bonchev–Trinajstić information content (AvgIpc) is 2.42. The molecular formula is C15H20ClFN2O2. The first kappa shape index (κ1) is 16.2. The fourth-order valence-electron chi connectivity index (χ4n) is 2.72. The number of anilines is 1. The normalized spacial score (nSPS) is 21.0. The number of aliphatic hydroxyl groups excluding tert-OH is 1. The summed E-state index contributed by atoms with van der Waals surface area (Å²) < 4.78 is 13.0. The predicted molar refractivity (Wildman–Crippen MR) is 80.9 cm³/mol. The molecule has 1 saturated heterocycles. The van der Waals surface area contributed by atoms with E-state index >= 15 is 0 Å². The van der Waals surface area contributed by atoms with E-state index in [2.05, 4.69) is 5.32 Å². The van der Waals surface area contributed by atoms with Crippen LogP contribution in [0.3, 0.4) is 0 Å². The van der Waals surface area contributed by atoms with Gasteiger partial charge in [0.05, 0.1) is 23.4 Å². The van der Waals surface area contributed by atoms with Crippen LogP contribution in [0.4, 0.5) is 10.1 Å². The van der Waals surface area contributed by atoms with E-state index in [-0.39, 0.29) is 23.5 Å². The second-order valence-corrected chi connectivity index (χ2v) is 5.85. The van der Waals surface area contributed by atoms with Crippen LogP contribution in [0.1, 0.15) is 26.2 Å². The SMILES string of the molecule is CC(O)C1CCCCN1CC(=O)Nc1ccc(F)cc1Cl. The fraction of sp³-hybridized carbons (Fsp3) is 0.533. The lowest BCUT2D eigenvalue weighted by Gasteiger charge is -2.36. The summed E-state index contributed by atoms with van der Waals surface area (Å²) >= 11 is 5.89. The molecule has 2 rings (SSSR count). The van der Waals surface area contributed by atoms with Gasteiger partial charge in [0.15, 0.2) is 0 Å². The van der Waals surface area contributed by atoms with Crippen LogP contribution in [0, 0.1) is 5.82 Å². The minimum absolute atomic E-state index is 0.00758. The van der Waals surface area contributed by atoms with Gasteiger partial charge in [-0.1, -0.05) is 18.0 Å². The van der Waals surface area contributed by atoms with Gasteiger partial charge >= 0.3 is 0 Å². The molecule has 0 spiro atoms. The molecule has 4 nitrogen and oxygen atoms in total. The Hall–Kier alpha value is -1.17. The van der Waals surface area contributed by atoms with Gasteiger partial charge in [0.1, 0.15) is 5.82 Å². The summed E-state index contributed by atoms with van der Waals surface area (Å²) in [4.78, 5) is 14.1. The van der Waals surface area contributed by atoms with Crippen molar-refractivity contribution in [2.24, 2.45) is 0 Å². The molecule has 2 atom stereocenters. The lowest BCUT2D eigenvalue weighted by Crippen LogP contribution is -2.48. The van der Waals surface area contributed by atoms with Gasteiger partial charge < -0.3 is 10.4 Å². The number of aliphatic hydroxyl groups is 1. The molecule has 1 amide bonds. The van der Waals surface area contributed by atoms with E-state index in [0.29, 0.717) is 5.69 Å². The van der Waals surface area contributed by atoms with E-state index in [1.807, 2.05) is 4.90 Å². The first-order chi connectivity index (χ1) is 9.97. The molecule has 1 aliphatic rings. The molecule has 1 aromatic carbocycles. The van der Waals surface area contributed by atoms with Gasteiger partial charge in [0.2, 0.25) is 5.91 Å². The average molecular weight is 315 g/mol. The number of nitrogens with zero attached hydrogens (tertiary/aromatic N) is 1. The quantitative estimate of drug-likeness (QED) is 0.898. The molecule has 0 bridgehead atoms. The summed E-state index contributed by atoms with van der Waals surface area (Å²) in [6, 6.07) is 3.86. The van der Waals surface area contributed by atoms with Crippen LogP contribution in [0.15, 0.2) is 18.2 Å². The number of carbonyl (C=O) groups is 1. The predicted octanol–water partition coefficient (Wildman–Crippen LogP) is 2.65. The molecule has 21 heavy (non-hydrogen) atoms.